The van der Waals surface area contributed by atoms with Gasteiger partial charge in [0.25, 0.3) is 0 Å². The number of nitrogens with one attached hydrogen (secondary N) is 1. The number of anilines is 1. The Morgan fingerprint density at radius 2 is 1.83 bits per heavy atom. The maximum Gasteiger partial charge on any atom is 0.320 e. The first-order chi connectivity index (χ1) is 17.0. The molecule has 0 aliphatic carbocycles. The number of rotatable bonds is 10. The number of hydrogen-bond acceptors (Lipinski definition) is 7. The summed E-state index contributed by atoms with van der Waals surface area (Å²) >= 11 is 12.1. The molecule has 0 spiro atoms. The number of hydrogen-bond donors (Lipinski definition) is 4. The van der Waals surface area contributed by atoms with Gasteiger partial charge in [0.15, 0.2) is 5.75 Å². The summed E-state index contributed by atoms with van der Waals surface area (Å²) in [5.74, 6) is -1.42. The van der Waals surface area contributed by atoms with E-state index in [1.807, 2.05) is 0 Å². The molecule has 0 bridgehead atoms. The van der Waals surface area contributed by atoms with Crippen molar-refractivity contribution in [3.8, 4) is 17.2 Å². The zero-order chi connectivity index (χ0) is 26.4. The number of primary amides is 1. The topological polar surface area (TPSA) is 172 Å². The molecule has 6 N–H and O–H groups in total. The van der Waals surface area contributed by atoms with Crippen LogP contribution in [0.4, 0.5) is 10.5 Å². The first-order valence-electron chi connectivity index (χ1n) is 10.5. The number of nitrogens with two attached hydrogens (primary N) is 2. The van der Waals surface area contributed by atoms with E-state index in [1.165, 1.54) is 17.1 Å². The van der Waals surface area contributed by atoms with Crippen LogP contribution in [0.3, 0.4) is 0 Å². The molecule has 1 unspecified atom stereocenters. The quantitative estimate of drug-likeness (QED) is 0.303. The number of nitrogens with zero attached hydrogens (tertiary/aromatic N) is 2. The SMILES string of the molecule is CC(COc1cccc(Oc2cc(Cl)cc(Cl)c2)c1NC(N)=O)C(=O)n1cnc(C[C@H](N)C(=O)O)c1. The van der Waals surface area contributed by atoms with Crippen molar-refractivity contribution in [2.45, 2.75) is 19.4 Å². The predicted molar refractivity (Wildman–Crippen MR) is 133 cm³/mol. The van der Waals surface area contributed by atoms with Crippen LogP contribution in [0.1, 0.15) is 17.4 Å². The van der Waals surface area contributed by atoms with Crippen LogP contribution in [-0.2, 0) is 11.2 Å². The number of aromatic nitrogens is 2. The van der Waals surface area contributed by atoms with Crippen molar-refractivity contribution in [1.29, 1.82) is 0 Å². The van der Waals surface area contributed by atoms with Crippen LogP contribution in [0, 0.1) is 5.92 Å². The number of carboxylic acid groups (broad SMARTS) is 1. The van der Waals surface area contributed by atoms with Crippen LogP contribution in [-0.4, -0.2) is 45.2 Å². The number of halogens is 2. The molecular formula is C23H23Cl2N5O6. The zero-order valence-electron chi connectivity index (χ0n) is 19.0. The number of carboxylic acids is 1. The summed E-state index contributed by atoms with van der Waals surface area (Å²) in [6.07, 6.45) is 2.69. The lowest BCUT2D eigenvalue weighted by Crippen LogP contribution is -2.32. The Hall–Kier alpha value is -3.80. The fourth-order valence-corrected chi connectivity index (χ4v) is 3.63. The van der Waals surface area contributed by atoms with Gasteiger partial charge < -0.3 is 31.4 Å². The van der Waals surface area contributed by atoms with Crippen molar-refractivity contribution >= 4 is 46.8 Å². The van der Waals surface area contributed by atoms with Gasteiger partial charge in [-0.25, -0.2) is 9.78 Å². The molecular weight excluding hydrogens is 513 g/mol. The summed E-state index contributed by atoms with van der Waals surface area (Å²) in [4.78, 5) is 39.4. The van der Waals surface area contributed by atoms with E-state index < -0.39 is 24.0 Å². The molecule has 36 heavy (non-hydrogen) atoms. The average molecular weight is 536 g/mol. The van der Waals surface area contributed by atoms with Gasteiger partial charge >= 0.3 is 12.0 Å². The van der Waals surface area contributed by atoms with Gasteiger partial charge in [-0.3, -0.25) is 14.2 Å². The van der Waals surface area contributed by atoms with Gasteiger partial charge in [-0.15, -0.1) is 0 Å². The molecule has 0 aliphatic heterocycles. The monoisotopic (exact) mass is 535 g/mol. The fourth-order valence-electron chi connectivity index (χ4n) is 3.12. The highest BCUT2D eigenvalue weighted by molar-refractivity contribution is 6.34. The van der Waals surface area contributed by atoms with Gasteiger partial charge in [0.2, 0.25) is 5.91 Å². The smallest absolute Gasteiger partial charge is 0.320 e. The number of aliphatic carboxylic acids is 1. The maximum absolute atomic E-state index is 12.8. The Labute approximate surface area is 215 Å². The van der Waals surface area contributed by atoms with Crippen molar-refractivity contribution in [2.24, 2.45) is 17.4 Å². The number of benzene rings is 2. The molecule has 0 aliphatic rings. The van der Waals surface area contributed by atoms with E-state index in [2.05, 4.69) is 10.3 Å². The molecule has 0 radical (unpaired) electrons. The molecule has 3 aromatic rings. The highest BCUT2D eigenvalue weighted by Gasteiger charge is 2.21. The largest absolute Gasteiger partial charge is 0.490 e. The fraction of sp³-hybridized carbons (Fsp3) is 0.217. The number of carbonyl (C=O) groups excluding carboxylic acids is 2. The van der Waals surface area contributed by atoms with Gasteiger partial charge in [0, 0.05) is 22.7 Å². The van der Waals surface area contributed by atoms with Gasteiger partial charge in [-0.1, -0.05) is 36.2 Å². The van der Waals surface area contributed by atoms with Crippen molar-refractivity contribution in [3.05, 3.63) is 64.7 Å². The van der Waals surface area contributed by atoms with Crippen LogP contribution in [0.15, 0.2) is 48.9 Å². The lowest BCUT2D eigenvalue weighted by molar-refractivity contribution is -0.138. The molecule has 13 heteroatoms. The molecule has 1 aromatic heterocycles. The normalized spacial score (nSPS) is 12.4. The second kappa shape index (κ2) is 11.8. The van der Waals surface area contributed by atoms with Crippen LogP contribution in [0.2, 0.25) is 10.0 Å². The maximum atomic E-state index is 12.8. The van der Waals surface area contributed by atoms with Crippen LogP contribution in [0.5, 0.6) is 17.2 Å². The minimum Gasteiger partial charge on any atom is -0.490 e. The molecule has 1 heterocycles. The molecule has 190 valence electrons. The van der Waals surface area contributed by atoms with E-state index in [4.69, 9.17) is 49.2 Å². The number of carbonyl (C=O) groups is 3. The summed E-state index contributed by atoms with van der Waals surface area (Å²) in [7, 11) is 0. The number of para-hydroxylation sites is 1. The van der Waals surface area contributed by atoms with Crippen molar-refractivity contribution in [2.75, 3.05) is 11.9 Å². The molecule has 11 nitrogen and oxygen atoms in total. The summed E-state index contributed by atoms with van der Waals surface area (Å²) < 4.78 is 12.9. The van der Waals surface area contributed by atoms with Crippen LogP contribution < -0.4 is 26.3 Å². The van der Waals surface area contributed by atoms with Crippen LogP contribution >= 0.6 is 23.2 Å². The Morgan fingerprint density at radius 3 is 2.47 bits per heavy atom. The van der Waals surface area contributed by atoms with E-state index >= 15 is 0 Å². The second-order valence-corrected chi connectivity index (χ2v) is 8.67. The summed E-state index contributed by atoms with van der Waals surface area (Å²) in [6.45, 7) is 1.57. The van der Waals surface area contributed by atoms with Crippen molar-refractivity contribution < 1.29 is 29.0 Å². The Kier molecular flexibility index (Phi) is 8.75. The predicted octanol–water partition coefficient (Wildman–Crippen LogP) is 3.78. The van der Waals surface area contributed by atoms with E-state index in [-0.39, 0.29) is 36.1 Å². The Morgan fingerprint density at radius 1 is 1.17 bits per heavy atom. The van der Waals surface area contributed by atoms with Crippen LogP contribution in [0.25, 0.3) is 0 Å². The molecule has 2 amide bonds. The summed E-state index contributed by atoms with van der Waals surface area (Å²) in [5, 5.41) is 12.1. The Balaban J connectivity index is 1.74. The van der Waals surface area contributed by atoms with E-state index in [1.54, 1.807) is 43.3 Å². The third-order valence-electron chi connectivity index (χ3n) is 4.85. The van der Waals surface area contributed by atoms with Crippen molar-refractivity contribution in [1.82, 2.24) is 9.55 Å². The lowest BCUT2D eigenvalue weighted by Gasteiger charge is -2.18. The molecule has 2 atom stereocenters. The highest BCUT2D eigenvalue weighted by atomic mass is 35.5. The highest BCUT2D eigenvalue weighted by Crippen LogP contribution is 2.38. The van der Waals surface area contributed by atoms with Gasteiger partial charge in [0.1, 0.15) is 29.6 Å². The van der Waals surface area contributed by atoms with Gasteiger partial charge in [-0.2, -0.15) is 0 Å². The van der Waals surface area contributed by atoms with Gasteiger partial charge in [-0.05, 0) is 30.3 Å². The summed E-state index contributed by atoms with van der Waals surface area (Å²) in [6, 6.07) is 7.42. The van der Waals surface area contributed by atoms with Gasteiger partial charge in [0.05, 0.1) is 18.2 Å². The first kappa shape index (κ1) is 26.8. The first-order valence-corrected chi connectivity index (χ1v) is 11.3. The molecule has 0 saturated heterocycles. The average Bonchev–Trinajstić information content (AvgIpc) is 3.25. The van der Waals surface area contributed by atoms with Crippen molar-refractivity contribution in [3.63, 3.8) is 0 Å². The second-order valence-electron chi connectivity index (χ2n) is 7.80. The minimum absolute atomic E-state index is 0.0206. The molecule has 0 fully saturated rings. The van der Waals surface area contributed by atoms with E-state index in [0.717, 1.165) is 0 Å². The molecule has 0 saturated carbocycles. The zero-order valence-corrected chi connectivity index (χ0v) is 20.5. The molecule has 3 rings (SSSR count). The number of imidazole rings is 1. The molecule has 2 aromatic carbocycles. The van der Waals surface area contributed by atoms with E-state index in [0.29, 0.717) is 21.5 Å². The minimum atomic E-state index is -1.16. The summed E-state index contributed by atoms with van der Waals surface area (Å²) in [5.41, 5.74) is 11.4. The number of amides is 2. The Bertz CT molecular complexity index is 1260. The third kappa shape index (κ3) is 7.11. The number of ether oxygens (including phenoxy) is 2. The third-order valence-corrected chi connectivity index (χ3v) is 5.28. The van der Waals surface area contributed by atoms with E-state index in [9.17, 15) is 14.4 Å². The lowest BCUT2D eigenvalue weighted by atomic mass is 10.1. The standard InChI is InChI=1S/C23H23Cl2N5O6/c1-12(21(31)30-9-15(28-11-30)8-17(26)22(32)33)10-35-18-3-2-4-19(20(18)29-23(27)34)36-16-6-13(24)5-14(25)7-16/h2-7,9,11-12,17H,8,10,26H2,1H3,(H,32,33)(H3,27,29,34)/t12?,17-/m0/s1. The number of urea groups is 1.